The number of rotatable bonds is 17. The zero-order valence-electron chi connectivity index (χ0n) is 15.8. The van der Waals surface area contributed by atoms with Gasteiger partial charge in [-0.05, 0) is 39.9 Å². The topological polar surface area (TPSA) is 23.5 Å². The van der Waals surface area contributed by atoms with Gasteiger partial charge in [-0.15, -0.1) is 0 Å². The Bertz CT molecular complexity index is 206. The van der Waals surface area contributed by atoms with Crippen LogP contribution in [0.4, 0.5) is 0 Å². The SMILES string of the molecule is CCCCCCC(O)CCCCCCCCCCCN(C)C. The summed E-state index contributed by atoms with van der Waals surface area (Å²) in [5.74, 6) is 0. The molecule has 1 N–H and O–H groups in total. The van der Waals surface area contributed by atoms with E-state index in [4.69, 9.17) is 0 Å². The fraction of sp³-hybridized carbons (Fsp3) is 1.00. The Morgan fingerprint density at radius 2 is 1.05 bits per heavy atom. The lowest BCUT2D eigenvalue weighted by atomic mass is 10.0. The maximum Gasteiger partial charge on any atom is 0.0540 e. The van der Waals surface area contributed by atoms with Gasteiger partial charge in [0.1, 0.15) is 0 Å². The Hall–Kier alpha value is -0.0800. The second-order valence-corrected chi connectivity index (χ2v) is 7.28. The van der Waals surface area contributed by atoms with E-state index in [1.807, 2.05) is 0 Å². The highest BCUT2D eigenvalue weighted by atomic mass is 16.3. The summed E-state index contributed by atoms with van der Waals surface area (Å²) in [4.78, 5) is 2.28. The van der Waals surface area contributed by atoms with Gasteiger partial charge in [0.2, 0.25) is 0 Å². The Morgan fingerprint density at radius 3 is 1.50 bits per heavy atom. The summed E-state index contributed by atoms with van der Waals surface area (Å²) >= 11 is 0. The number of hydrogen-bond acceptors (Lipinski definition) is 2. The van der Waals surface area contributed by atoms with Crippen LogP contribution < -0.4 is 0 Å². The largest absolute Gasteiger partial charge is 0.393 e. The molecule has 1 unspecified atom stereocenters. The molecule has 2 nitrogen and oxygen atoms in total. The zero-order valence-corrected chi connectivity index (χ0v) is 15.8. The molecule has 2 heteroatoms. The summed E-state index contributed by atoms with van der Waals surface area (Å²) in [5.41, 5.74) is 0. The average Bonchev–Trinajstić information content (AvgIpc) is 2.49. The van der Waals surface area contributed by atoms with E-state index >= 15 is 0 Å². The first-order valence-corrected chi connectivity index (χ1v) is 9.99. The fourth-order valence-corrected chi connectivity index (χ4v) is 3.00. The van der Waals surface area contributed by atoms with Crippen LogP contribution in [0.1, 0.15) is 103 Å². The first-order chi connectivity index (χ1) is 10.7. The van der Waals surface area contributed by atoms with Gasteiger partial charge < -0.3 is 10.0 Å². The van der Waals surface area contributed by atoms with Crippen molar-refractivity contribution in [3.05, 3.63) is 0 Å². The molecule has 0 bridgehead atoms. The van der Waals surface area contributed by atoms with Crippen molar-refractivity contribution in [2.75, 3.05) is 20.6 Å². The third kappa shape index (κ3) is 18.0. The van der Waals surface area contributed by atoms with Crippen LogP contribution in [-0.4, -0.2) is 36.8 Å². The van der Waals surface area contributed by atoms with Crippen molar-refractivity contribution in [3.8, 4) is 0 Å². The molecule has 0 fully saturated rings. The lowest BCUT2D eigenvalue weighted by Gasteiger charge is -2.10. The molecule has 0 saturated carbocycles. The second-order valence-electron chi connectivity index (χ2n) is 7.28. The zero-order chi connectivity index (χ0) is 16.5. The van der Waals surface area contributed by atoms with Gasteiger partial charge in [-0.1, -0.05) is 84.0 Å². The lowest BCUT2D eigenvalue weighted by molar-refractivity contribution is 0.147. The fourth-order valence-electron chi connectivity index (χ4n) is 3.00. The molecule has 0 amide bonds. The number of aliphatic hydroxyl groups is 1. The number of unbranched alkanes of at least 4 members (excludes halogenated alkanes) is 11. The molecular formula is C20H43NO. The average molecular weight is 314 g/mol. The van der Waals surface area contributed by atoms with E-state index in [-0.39, 0.29) is 6.10 Å². The monoisotopic (exact) mass is 313 g/mol. The van der Waals surface area contributed by atoms with Gasteiger partial charge in [-0.2, -0.15) is 0 Å². The Balaban J connectivity index is 3.10. The van der Waals surface area contributed by atoms with Crippen molar-refractivity contribution in [3.63, 3.8) is 0 Å². The highest BCUT2D eigenvalue weighted by Crippen LogP contribution is 2.14. The summed E-state index contributed by atoms with van der Waals surface area (Å²) in [6, 6.07) is 0. The van der Waals surface area contributed by atoms with Crippen LogP contribution in [0.25, 0.3) is 0 Å². The quantitative estimate of drug-likeness (QED) is 0.344. The first kappa shape index (κ1) is 21.9. The highest BCUT2D eigenvalue weighted by molar-refractivity contribution is 4.57. The molecule has 0 aliphatic carbocycles. The summed E-state index contributed by atoms with van der Waals surface area (Å²) in [6.45, 7) is 3.47. The van der Waals surface area contributed by atoms with Crippen molar-refractivity contribution in [2.24, 2.45) is 0 Å². The van der Waals surface area contributed by atoms with Crippen molar-refractivity contribution >= 4 is 0 Å². The van der Waals surface area contributed by atoms with Crippen LogP contribution in [0.15, 0.2) is 0 Å². The predicted molar refractivity (Wildman–Crippen MR) is 99.5 cm³/mol. The standard InChI is InChI=1S/C20H43NO/c1-4-5-6-14-17-20(22)18-15-12-10-8-7-9-11-13-16-19-21(2)3/h20,22H,4-19H2,1-3H3. The van der Waals surface area contributed by atoms with Crippen molar-refractivity contribution < 1.29 is 5.11 Å². The minimum Gasteiger partial charge on any atom is -0.393 e. The minimum absolute atomic E-state index is 0.0337. The molecule has 0 aliphatic rings. The van der Waals surface area contributed by atoms with Gasteiger partial charge >= 0.3 is 0 Å². The van der Waals surface area contributed by atoms with Gasteiger partial charge in [-0.3, -0.25) is 0 Å². The van der Waals surface area contributed by atoms with Crippen molar-refractivity contribution in [2.45, 2.75) is 109 Å². The molecule has 0 radical (unpaired) electrons. The van der Waals surface area contributed by atoms with E-state index in [1.54, 1.807) is 0 Å². The van der Waals surface area contributed by atoms with Crippen LogP contribution >= 0.6 is 0 Å². The van der Waals surface area contributed by atoms with E-state index in [2.05, 4.69) is 25.9 Å². The number of hydrogen-bond donors (Lipinski definition) is 1. The molecule has 0 rings (SSSR count). The summed E-state index contributed by atoms with van der Waals surface area (Å²) in [5, 5.41) is 9.91. The van der Waals surface area contributed by atoms with Gasteiger partial charge in [-0.25, -0.2) is 0 Å². The van der Waals surface area contributed by atoms with Crippen LogP contribution in [0.2, 0.25) is 0 Å². The minimum atomic E-state index is -0.0337. The van der Waals surface area contributed by atoms with E-state index in [9.17, 15) is 5.11 Å². The Labute approximate surface area is 140 Å². The summed E-state index contributed by atoms with van der Waals surface area (Å²) in [7, 11) is 4.31. The number of aliphatic hydroxyl groups excluding tert-OH is 1. The van der Waals surface area contributed by atoms with Crippen LogP contribution in [0.3, 0.4) is 0 Å². The maximum atomic E-state index is 9.91. The maximum absolute atomic E-state index is 9.91. The Morgan fingerprint density at radius 1 is 0.636 bits per heavy atom. The van der Waals surface area contributed by atoms with Crippen molar-refractivity contribution in [1.29, 1.82) is 0 Å². The van der Waals surface area contributed by atoms with E-state index in [1.165, 1.54) is 90.0 Å². The number of nitrogens with zero attached hydrogens (tertiary/aromatic N) is 1. The molecule has 0 aromatic carbocycles. The molecule has 22 heavy (non-hydrogen) atoms. The van der Waals surface area contributed by atoms with E-state index in [0.717, 1.165) is 12.8 Å². The molecular weight excluding hydrogens is 270 g/mol. The summed E-state index contributed by atoms with van der Waals surface area (Å²) in [6.07, 6.45) is 19.4. The normalized spacial score (nSPS) is 13.0. The van der Waals surface area contributed by atoms with Gasteiger partial charge in [0, 0.05) is 0 Å². The third-order valence-electron chi connectivity index (χ3n) is 4.53. The molecule has 0 saturated heterocycles. The highest BCUT2D eigenvalue weighted by Gasteiger charge is 2.03. The van der Waals surface area contributed by atoms with Crippen LogP contribution in [0, 0.1) is 0 Å². The molecule has 0 heterocycles. The predicted octanol–water partition coefficient (Wildman–Crippen LogP) is 5.78. The van der Waals surface area contributed by atoms with Crippen LogP contribution in [-0.2, 0) is 0 Å². The molecule has 0 aromatic heterocycles. The van der Waals surface area contributed by atoms with E-state index < -0.39 is 0 Å². The van der Waals surface area contributed by atoms with Gasteiger partial charge in [0.25, 0.3) is 0 Å². The van der Waals surface area contributed by atoms with Gasteiger partial charge in [0.15, 0.2) is 0 Å². The second kappa shape index (κ2) is 17.3. The molecule has 0 aromatic rings. The molecule has 1 atom stereocenters. The molecule has 0 spiro atoms. The van der Waals surface area contributed by atoms with Crippen molar-refractivity contribution in [1.82, 2.24) is 4.90 Å². The molecule has 134 valence electrons. The Kier molecular flexibility index (Phi) is 17.2. The smallest absolute Gasteiger partial charge is 0.0540 e. The third-order valence-corrected chi connectivity index (χ3v) is 4.53. The van der Waals surface area contributed by atoms with Gasteiger partial charge in [0.05, 0.1) is 6.10 Å². The first-order valence-electron chi connectivity index (χ1n) is 9.99. The van der Waals surface area contributed by atoms with E-state index in [0.29, 0.717) is 0 Å². The van der Waals surface area contributed by atoms with Crippen LogP contribution in [0.5, 0.6) is 0 Å². The summed E-state index contributed by atoms with van der Waals surface area (Å²) < 4.78 is 0. The lowest BCUT2D eigenvalue weighted by Crippen LogP contribution is -2.12. The molecule has 0 aliphatic heterocycles.